The average molecular weight is 463 g/mol. The van der Waals surface area contributed by atoms with Crippen molar-refractivity contribution in [1.82, 2.24) is 19.3 Å². The molecule has 8 heteroatoms. The van der Waals surface area contributed by atoms with Gasteiger partial charge in [0.05, 0.1) is 16.9 Å². The summed E-state index contributed by atoms with van der Waals surface area (Å²) in [6, 6.07) is 11.2. The third kappa shape index (κ3) is 3.77. The lowest BCUT2D eigenvalue weighted by molar-refractivity contribution is 0.0687. The zero-order valence-corrected chi connectivity index (χ0v) is 19.6. The SMILES string of the molecule is Cc1ccc(OC(C)F)c([C@H]2CCn3c(=O)c4ccc(-c5cnc(C(C)(C)O)nc5)cc4n32)c1. The van der Waals surface area contributed by atoms with Crippen molar-refractivity contribution >= 4 is 10.9 Å². The Morgan fingerprint density at radius 1 is 1.15 bits per heavy atom. The van der Waals surface area contributed by atoms with Gasteiger partial charge in [-0.2, -0.15) is 0 Å². The number of ether oxygens (including phenoxy) is 1. The minimum Gasteiger partial charge on any atom is -0.460 e. The summed E-state index contributed by atoms with van der Waals surface area (Å²) in [5.74, 6) is 0.826. The van der Waals surface area contributed by atoms with Crippen molar-refractivity contribution in [1.29, 1.82) is 0 Å². The fourth-order valence-corrected chi connectivity index (χ4v) is 4.65. The van der Waals surface area contributed by atoms with E-state index in [9.17, 15) is 14.3 Å². The van der Waals surface area contributed by atoms with Crippen molar-refractivity contribution in [2.45, 2.75) is 58.7 Å². The number of aryl methyl sites for hydroxylation is 1. The first-order valence-corrected chi connectivity index (χ1v) is 11.3. The zero-order valence-electron chi connectivity index (χ0n) is 19.6. The lowest BCUT2D eigenvalue weighted by Gasteiger charge is -2.20. The summed E-state index contributed by atoms with van der Waals surface area (Å²) in [6.07, 6.45) is 2.62. The Kier molecular flexibility index (Phi) is 5.28. The number of nitrogens with zero attached hydrogens (tertiary/aromatic N) is 4. The highest BCUT2D eigenvalue weighted by atomic mass is 19.1. The monoisotopic (exact) mass is 462 g/mol. The van der Waals surface area contributed by atoms with Crippen LogP contribution in [0.15, 0.2) is 53.6 Å². The molecule has 0 amide bonds. The van der Waals surface area contributed by atoms with Crippen LogP contribution in [0, 0.1) is 6.92 Å². The Bertz CT molecular complexity index is 1430. The first-order valence-electron chi connectivity index (χ1n) is 11.3. The van der Waals surface area contributed by atoms with Crippen LogP contribution in [0.5, 0.6) is 5.75 Å². The number of hydrogen-bond acceptors (Lipinski definition) is 5. The predicted molar refractivity (Wildman–Crippen MR) is 128 cm³/mol. The van der Waals surface area contributed by atoms with Crippen molar-refractivity contribution in [3.63, 3.8) is 0 Å². The van der Waals surface area contributed by atoms with Gasteiger partial charge in [-0.25, -0.2) is 19.0 Å². The maximum absolute atomic E-state index is 13.7. The minimum atomic E-state index is -1.44. The van der Waals surface area contributed by atoms with E-state index in [0.717, 1.165) is 27.8 Å². The Morgan fingerprint density at radius 3 is 2.56 bits per heavy atom. The molecule has 1 unspecified atom stereocenters. The summed E-state index contributed by atoms with van der Waals surface area (Å²) in [7, 11) is 0. The maximum atomic E-state index is 13.7. The van der Waals surface area contributed by atoms with Crippen LogP contribution in [-0.2, 0) is 12.1 Å². The lowest BCUT2D eigenvalue weighted by Crippen LogP contribution is -2.19. The van der Waals surface area contributed by atoms with E-state index >= 15 is 0 Å². The van der Waals surface area contributed by atoms with Gasteiger partial charge in [-0.1, -0.05) is 23.8 Å². The van der Waals surface area contributed by atoms with E-state index in [1.165, 1.54) is 6.92 Å². The van der Waals surface area contributed by atoms with Crippen LogP contribution in [0.2, 0.25) is 0 Å². The van der Waals surface area contributed by atoms with Crippen LogP contribution in [0.4, 0.5) is 4.39 Å². The normalized spacial score (nSPS) is 16.6. The summed E-state index contributed by atoms with van der Waals surface area (Å²) in [6.45, 7) is 7.18. The summed E-state index contributed by atoms with van der Waals surface area (Å²) < 4.78 is 23.0. The molecule has 0 fully saturated rings. The predicted octanol–water partition coefficient (Wildman–Crippen LogP) is 4.48. The Labute approximate surface area is 196 Å². The molecule has 1 aliphatic rings. The van der Waals surface area contributed by atoms with Gasteiger partial charge in [0.25, 0.3) is 5.56 Å². The second kappa shape index (κ2) is 8.06. The standard InChI is InChI=1S/C26H27FN4O3/c1-15-5-8-23(34-16(2)27)20(11-15)21-9-10-30-24(32)19-7-6-17(12-22(19)31(21)30)18-13-28-25(29-14-18)26(3,4)33/h5-8,11-14,16,21,33H,9-10H2,1-4H3/t16?,21-/m1/s1. The van der Waals surface area contributed by atoms with Crippen molar-refractivity contribution in [2.24, 2.45) is 0 Å². The molecular weight excluding hydrogens is 435 g/mol. The van der Waals surface area contributed by atoms with Gasteiger partial charge in [0.15, 0.2) is 5.82 Å². The van der Waals surface area contributed by atoms with Gasteiger partial charge < -0.3 is 9.84 Å². The Balaban J connectivity index is 1.63. The van der Waals surface area contributed by atoms with Gasteiger partial charge in [0.2, 0.25) is 6.36 Å². The number of halogens is 1. The molecule has 1 N–H and O–H groups in total. The quantitative estimate of drug-likeness (QED) is 0.473. The van der Waals surface area contributed by atoms with Crippen LogP contribution in [-0.4, -0.2) is 30.8 Å². The molecule has 0 saturated heterocycles. The van der Waals surface area contributed by atoms with Gasteiger partial charge in [0, 0.05) is 37.0 Å². The maximum Gasteiger partial charge on any atom is 0.274 e. The molecule has 2 aromatic heterocycles. The number of rotatable bonds is 5. The molecule has 5 rings (SSSR count). The van der Waals surface area contributed by atoms with Crippen molar-refractivity contribution < 1.29 is 14.2 Å². The molecule has 1 aliphatic heterocycles. The van der Waals surface area contributed by atoms with E-state index in [0.29, 0.717) is 29.9 Å². The Morgan fingerprint density at radius 2 is 1.88 bits per heavy atom. The van der Waals surface area contributed by atoms with Crippen LogP contribution in [0.25, 0.3) is 22.0 Å². The highest BCUT2D eigenvalue weighted by molar-refractivity contribution is 5.84. The molecule has 4 aromatic rings. The van der Waals surface area contributed by atoms with Crippen molar-refractivity contribution in [3.05, 3.63) is 76.1 Å². The van der Waals surface area contributed by atoms with Gasteiger partial charge in [0.1, 0.15) is 11.4 Å². The van der Waals surface area contributed by atoms with Crippen LogP contribution >= 0.6 is 0 Å². The fraction of sp³-hybridized carbons (Fsp3) is 0.346. The first kappa shape index (κ1) is 22.3. The molecule has 176 valence electrons. The molecular formula is C26H27FN4O3. The number of aromatic nitrogens is 4. The van der Waals surface area contributed by atoms with E-state index < -0.39 is 12.0 Å². The first-order chi connectivity index (χ1) is 16.1. The fourth-order valence-electron chi connectivity index (χ4n) is 4.65. The van der Waals surface area contributed by atoms with E-state index in [1.807, 2.05) is 41.9 Å². The van der Waals surface area contributed by atoms with E-state index in [4.69, 9.17) is 4.74 Å². The minimum absolute atomic E-state index is 0.0494. The van der Waals surface area contributed by atoms with Crippen LogP contribution in [0.1, 0.15) is 50.2 Å². The molecule has 0 saturated carbocycles. The molecule has 34 heavy (non-hydrogen) atoms. The third-order valence-electron chi connectivity index (χ3n) is 6.23. The number of alkyl halides is 1. The van der Waals surface area contributed by atoms with Crippen LogP contribution in [0.3, 0.4) is 0 Å². The molecule has 0 spiro atoms. The topological polar surface area (TPSA) is 82.2 Å². The third-order valence-corrected chi connectivity index (χ3v) is 6.23. The number of hydrogen-bond donors (Lipinski definition) is 1. The second-order valence-electron chi connectivity index (χ2n) is 9.37. The number of fused-ring (bicyclic) bond motifs is 3. The molecule has 2 aromatic carbocycles. The number of benzene rings is 2. The van der Waals surface area contributed by atoms with Gasteiger partial charge in [-0.15, -0.1) is 0 Å². The van der Waals surface area contributed by atoms with E-state index in [2.05, 4.69) is 9.97 Å². The molecule has 3 heterocycles. The van der Waals surface area contributed by atoms with Gasteiger partial charge >= 0.3 is 0 Å². The summed E-state index contributed by atoms with van der Waals surface area (Å²) in [5.41, 5.74) is 3.15. The molecule has 7 nitrogen and oxygen atoms in total. The summed E-state index contributed by atoms with van der Waals surface area (Å²) >= 11 is 0. The average Bonchev–Trinajstić information content (AvgIpc) is 3.34. The highest BCUT2D eigenvalue weighted by Crippen LogP contribution is 2.38. The van der Waals surface area contributed by atoms with E-state index in [1.54, 1.807) is 37.0 Å². The largest absolute Gasteiger partial charge is 0.460 e. The van der Waals surface area contributed by atoms with Crippen molar-refractivity contribution in [2.75, 3.05) is 0 Å². The Hall–Kier alpha value is -3.52. The molecule has 0 bridgehead atoms. The van der Waals surface area contributed by atoms with E-state index in [-0.39, 0.29) is 11.6 Å². The van der Waals surface area contributed by atoms with Gasteiger partial charge in [-0.05, 0) is 51.0 Å². The number of aliphatic hydroxyl groups is 1. The zero-order chi connectivity index (χ0) is 24.2. The van der Waals surface area contributed by atoms with Crippen molar-refractivity contribution in [3.8, 4) is 16.9 Å². The molecule has 2 atom stereocenters. The molecule has 0 aliphatic carbocycles. The van der Waals surface area contributed by atoms with Crippen LogP contribution < -0.4 is 10.3 Å². The smallest absolute Gasteiger partial charge is 0.274 e. The second-order valence-corrected chi connectivity index (χ2v) is 9.37. The van der Waals surface area contributed by atoms with Gasteiger partial charge in [-0.3, -0.25) is 9.48 Å². The summed E-state index contributed by atoms with van der Waals surface area (Å²) in [4.78, 5) is 21.7. The molecule has 0 radical (unpaired) electrons. The highest BCUT2D eigenvalue weighted by Gasteiger charge is 2.30. The lowest BCUT2D eigenvalue weighted by atomic mass is 10.0. The summed E-state index contributed by atoms with van der Waals surface area (Å²) in [5, 5.41) is 10.8.